The summed E-state index contributed by atoms with van der Waals surface area (Å²) in [4.78, 5) is 23.2. The van der Waals surface area contributed by atoms with E-state index < -0.39 is 0 Å². The molecule has 0 saturated carbocycles. The number of carbonyl (C=O) groups is 1. The lowest BCUT2D eigenvalue weighted by Gasteiger charge is -2.29. The number of carbonyl (C=O) groups excluding carboxylic acids is 1. The smallest absolute Gasteiger partial charge is 0.254 e. The number of rotatable bonds is 4. The average Bonchev–Trinajstić information content (AvgIpc) is 3.52. The number of pyridine rings is 2. The Morgan fingerprint density at radius 3 is 2.88 bits per heavy atom. The SMILES string of the molecule is O=C(c1ccncc1)N1CC=C(C2Cc3c(Nc4ccc5[nH]ncc5c4)ccnc3N2)CC1. The molecule has 8 nitrogen and oxygen atoms in total. The zero-order valence-corrected chi connectivity index (χ0v) is 18.0. The molecule has 1 amide bonds. The van der Waals surface area contributed by atoms with Gasteiger partial charge in [-0.15, -0.1) is 0 Å². The summed E-state index contributed by atoms with van der Waals surface area (Å²) in [7, 11) is 0. The van der Waals surface area contributed by atoms with Gasteiger partial charge in [0.2, 0.25) is 0 Å². The summed E-state index contributed by atoms with van der Waals surface area (Å²) in [6.45, 7) is 1.33. The van der Waals surface area contributed by atoms with Gasteiger partial charge in [0.25, 0.3) is 5.91 Å². The van der Waals surface area contributed by atoms with Crippen LogP contribution in [0.4, 0.5) is 17.2 Å². The van der Waals surface area contributed by atoms with Crippen LogP contribution in [0.25, 0.3) is 10.9 Å². The van der Waals surface area contributed by atoms with Crippen LogP contribution in [0, 0.1) is 0 Å². The minimum absolute atomic E-state index is 0.0538. The largest absolute Gasteiger partial charge is 0.363 e. The lowest BCUT2D eigenvalue weighted by molar-refractivity contribution is 0.0768. The van der Waals surface area contributed by atoms with E-state index in [0.717, 1.165) is 40.9 Å². The van der Waals surface area contributed by atoms with Crippen molar-refractivity contribution in [2.24, 2.45) is 0 Å². The van der Waals surface area contributed by atoms with Crippen molar-refractivity contribution in [3.63, 3.8) is 0 Å². The molecule has 0 spiro atoms. The van der Waals surface area contributed by atoms with Crippen molar-refractivity contribution >= 4 is 34.0 Å². The van der Waals surface area contributed by atoms with Gasteiger partial charge < -0.3 is 15.5 Å². The Labute approximate surface area is 190 Å². The monoisotopic (exact) mass is 437 g/mol. The molecule has 0 aliphatic carbocycles. The van der Waals surface area contributed by atoms with Crippen LogP contribution in [-0.2, 0) is 6.42 Å². The van der Waals surface area contributed by atoms with Crippen molar-refractivity contribution < 1.29 is 4.79 Å². The van der Waals surface area contributed by atoms with Crippen molar-refractivity contribution in [3.8, 4) is 0 Å². The second-order valence-electron chi connectivity index (χ2n) is 8.40. The quantitative estimate of drug-likeness (QED) is 0.419. The Kier molecular flexibility index (Phi) is 4.75. The van der Waals surface area contributed by atoms with E-state index in [0.29, 0.717) is 18.7 Å². The summed E-state index contributed by atoms with van der Waals surface area (Å²) >= 11 is 0. The summed E-state index contributed by atoms with van der Waals surface area (Å²) in [5.41, 5.74) is 6.29. The van der Waals surface area contributed by atoms with E-state index in [-0.39, 0.29) is 11.9 Å². The van der Waals surface area contributed by atoms with E-state index in [2.05, 4.69) is 42.9 Å². The van der Waals surface area contributed by atoms with Gasteiger partial charge in [0, 0.05) is 66.0 Å². The number of aromatic amines is 1. The van der Waals surface area contributed by atoms with Crippen LogP contribution in [0.5, 0.6) is 0 Å². The number of nitrogens with zero attached hydrogens (tertiary/aromatic N) is 4. The number of benzene rings is 1. The van der Waals surface area contributed by atoms with Gasteiger partial charge in [0.05, 0.1) is 17.8 Å². The molecule has 2 aliphatic heterocycles. The number of H-pyrrole nitrogens is 1. The van der Waals surface area contributed by atoms with Crippen LogP contribution in [0.3, 0.4) is 0 Å². The van der Waals surface area contributed by atoms with Gasteiger partial charge >= 0.3 is 0 Å². The van der Waals surface area contributed by atoms with E-state index in [9.17, 15) is 4.79 Å². The molecule has 4 aromatic rings. The molecule has 3 aromatic heterocycles. The molecule has 164 valence electrons. The van der Waals surface area contributed by atoms with E-state index in [1.54, 1.807) is 24.5 Å². The molecule has 0 radical (unpaired) electrons. The minimum Gasteiger partial charge on any atom is -0.363 e. The molecular weight excluding hydrogens is 414 g/mol. The molecule has 1 atom stereocenters. The van der Waals surface area contributed by atoms with E-state index in [4.69, 9.17) is 0 Å². The summed E-state index contributed by atoms with van der Waals surface area (Å²) in [6, 6.07) is 11.9. The highest BCUT2D eigenvalue weighted by molar-refractivity contribution is 5.94. The van der Waals surface area contributed by atoms with Gasteiger partial charge in [-0.25, -0.2) is 4.98 Å². The molecule has 33 heavy (non-hydrogen) atoms. The van der Waals surface area contributed by atoms with Crippen molar-refractivity contribution in [2.75, 3.05) is 23.7 Å². The molecule has 1 unspecified atom stereocenters. The first-order chi connectivity index (χ1) is 16.2. The fourth-order valence-electron chi connectivity index (χ4n) is 4.62. The second kappa shape index (κ2) is 8.05. The number of aromatic nitrogens is 4. The third kappa shape index (κ3) is 3.69. The fourth-order valence-corrected chi connectivity index (χ4v) is 4.62. The molecule has 3 N–H and O–H groups in total. The number of nitrogens with one attached hydrogen (secondary N) is 3. The highest BCUT2D eigenvalue weighted by Gasteiger charge is 2.29. The zero-order valence-electron chi connectivity index (χ0n) is 18.0. The van der Waals surface area contributed by atoms with Crippen LogP contribution < -0.4 is 10.6 Å². The molecule has 0 fully saturated rings. The third-order valence-electron chi connectivity index (χ3n) is 6.40. The maximum atomic E-state index is 12.7. The predicted octanol–water partition coefficient (Wildman–Crippen LogP) is 3.91. The third-order valence-corrected chi connectivity index (χ3v) is 6.40. The van der Waals surface area contributed by atoms with E-state index in [1.807, 2.05) is 35.5 Å². The van der Waals surface area contributed by atoms with Gasteiger partial charge in [-0.3, -0.25) is 14.9 Å². The highest BCUT2D eigenvalue weighted by atomic mass is 16.2. The minimum atomic E-state index is 0.0538. The molecule has 2 aliphatic rings. The normalized spacial score (nSPS) is 17.4. The number of anilines is 3. The fraction of sp³-hybridized carbons (Fsp3) is 0.200. The number of hydrogen-bond donors (Lipinski definition) is 3. The molecular formula is C25H23N7O. The van der Waals surface area contributed by atoms with Gasteiger partial charge in [-0.05, 0) is 48.4 Å². The summed E-state index contributed by atoms with van der Waals surface area (Å²) in [5, 5.41) is 15.3. The first kappa shape index (κ1) is 19.5. The van der Waals surface area contributed by atoms with Crippen LogP contribution in [0.1, 0.15) is 22.3 Å². The van der Waals surface area contributed by atoms with E-state index >= 15 is 0 Å². The van der Waals surface area contributed by atoms with Gasteiger partial charge in [-0.1, -0.05) is 6.08 Å². The summed E-state index contributed by atoms with van der Waals surface area (Å²) in [5.74, 6) is 0.976. The van der Waals surface area contributed by atoms with Crippen molar-refractivity contribution in [1.29, 1.82) is 0 Å². The molecule has 6 rings (SSSR count). The standard InChI is InChI=1S/C25H23N7O/c33-25(17-3-8-26-9-4-17)32-11-6-16(7-12-32)23-14-20-22(5-10-27-24(20)30-23)29-19-1-2-21-18(13-19)15-28-31-21/h1-6,8-10,13,15,23H,7,11-12,14H2,(H,28,31)(H2,27,29,30). The summed E-state index contributed by atoms with van der Waals surface area (Å²) in [6.07, 6.45) is 10.9. The Bertz CT molecular complexity index is 1360. The number of fused-ring (bicyclic) bond motifs is 2. The first-order valence-electron chi connectivity index (χ1n) is 11.1. The summed E-state index contributed by atoms with van der Waals surface area (Å²) < 4.78 is 0. The van der Waals surface area contributed by atoms with Gasteiger partial charge in [0.1, 0.15) is 5.82 Å². The topological polar surface area (TPSA) is 98.8 Å². The molecule has 8 heteroatoms. The first-order valence-corrected chi connectivity index (χ1v) is 11.1. The average molecular weight is 438 g/mol. The van der Waals surface area contributed by atoms with Crippen molar-refractivity contribution in [1.82, 2.24) is 25.1 Å². The Balaban J connectivity index is 1.16. The lowest BCUT2D eigenvalue weighted by Crippen LogP contribution is -2.37. The molecule has 0 bridgehead atoms. The molecule has 0 saturated heterocycles. The van der Waals surface area contributed by atoms with Crippen LogP contribution in [0.15, 0.2) is 72.8 Å². The lowest BCUT2D eigenvalue weighted by atomic mass is 9.96. The van der Waals surface area contributed by atoms with Gasteiger partial charge in [-0.2, -0.15) is 5.10 Å². The highest BCUT2D eigenvalue weighted by Crippen LogP contribution is 2.35. The Morgan fingerprint density at radius 2 is 2.03 bits per heavy atom. The van der Waals surface area contributed by atoms with Gasteiger partial charge in [0.15, 0.2) is 0 Å². The number of amides is 1. The number of hydrogen-bond acceptors (Lipinski definition) is 6. The Morgan fingerprint density at radius 1 is 1.12 bits per heavy atom. The molecule has 1 aromatic carbocycles. The van der Waals surface area contributed by atoms with Crippen LogP contribution >= 0.6 is 0 Å². The Hall–Kier alpha value is -4.20. The van der Waals surface area contributed by atoms with Crippen molar-refractivity contribution in [2.45, 2.75) is 18.9 Å². The van der Waals surface area contributed by atoms with Crippen molar-refractivity contribution in [3.05, 3.63) is 84.0 Å². The second-order valence-corrected chi connectivity index (χ2v) is 8.40. The zero-order chi connectivity index (χ0) is 22.2. The maximum absolute atomic E-state index is 12.7. The van der Waals surface area contributed by atoms with Crippen LogP contribution in [-0.4, -0.2) is 50.1 Å². The maximum Gasteiger partial charge on any atom is 0.254 e. The van der Waals surface area contributed by atoms with E-state index in [1.165, 1.54) is 11.1 Å². The molecule has 5 heterocycles. The van der Waals surface area contributed by atoms with Crippen LogP contribution in [0.2, 0.25) is 0 Å². The predicted molar refractivity (Wildman–Crippen MR) is 128 cm³/mol.